The molecule has 0 saturated carbocycles. The van der Waals surface area contributed by atoms with Gasteiger partial charge in [-0.15, -0.1) is 0 Å². The lowest BCUT2D eigenvalue weighted by Gasteiger charge is -2.38. The van der Waals surface area contributed by atoms with E-state index in [1.807, 2.05) is 0 Å². The summed E-state index contributed by atoms with van der Waals surface area (Å²) in [5, 5.41) is 3.64. The van der Waals surface area contributed by atoms with Crippen molar-refractivity contribution >= 4 is 23.5 Å². The molecular weight excluding hydrogens is 572 g/mol. The first-order valence-corrected chi connectivity index (χ1v) is 12.6. The zero-order valence-electron chi connectivity index (χ0n) is 21.8. The zero-order valence-corrected chi connectivity index (χ0v) is 22.5. The Balaban J connectivity index is 1.78. The summed E-state index contributed by atoms with van der Waals surface area (Å²) in [6.45, 7) is 1.48. The van der Waals surface area contributed by atoms with Crippen LogP contribution in [0.4, 0.5) is 26.3 Å². The number of nitrogens with one attached hydrogen (secondary N) is 1. The van der Waals surface area contributed by atoms with Crippen LogP contribution in [-0.2, 0) is 35.0 Å². The van der Waals surface area contributed by atoms with Crippen molar-refractivity contribution in [2.75, 3.05) is 7.11 Å². The lowest BCUT2D eigenvalue weighted by atomic mass is 9.94. The minimum absolute atomic E-state index is 0.0479. The van der Waals surface area contributed by atoms with Gasteiger partial charge in [-0.05, 0) is 60.0 Å². The normalized spacial score (nSPS) is 17.0. The van der Waals surface area contributed by atoms with Crippen molar-refractivity contribution in [3.8, 4) is 0 Å². The minimum Gasteiger partial charge on any atom is -0.466 e. The van der Waals surface area contributed by atoms with Crippen LogP contribution in [0.15, 0.2) is 89.1 Å². The largest absolute Gasteiger partial charge is 0.466 e. The van der Waals surface area contributed by atoms with Crippen LogP contribution >= 0.6 is 11.6 Å². The van der Waals surface area contributed by atoms with Gasteiger partial charge < -0.3 is 15.0 Å². The lowest BCUT2D eigenvalue weighted by Crippen LogP contribution is -2.48. The maximum Gasteiger partial charge on any atom is 0.416 e. The molecule has 1 unspecified atom stereocenters. The number of nitrogens with zero attached hydrogens (tertiary/aromatic N) is 2. The Morgan fingerprint density at radius 2 is 1.56 bits per heavy atom. The molecule has 0 bridgehead atoms. The Kier molecular flexibility index (Phi) is 8.67. The molecule has 4 rings (SSSR count). The predicted octanol–water partition coefficient (Wildman–Crippen LogP) is 7.53. The summed E-state index contributed by atoms with van der Waals surface area (Å²) >= 11 is 6.04. The Bertz CT molecular complexity index is 1470. The number of benzene rings is 3. The van der Waals surface area contributed by atoms with Gasteiger partial charge in [0.2, 0.25) is 0 Å². The third-order valence-electron chi connectivity index (χ3n) is 6.51. The number of allylic oxidation sites excluding steroid dienone is 1. The average Bonchev–Trinajstić information content (AvgIpc) is 2.92. The Labute approximate surface area is 237 Å². The molecule has 0 fully saturated rings. The van der Waals surface area contributed by atoms with Gasteiger partial charge in [0.1, 0.15) is 0 Å². The molecule has 0 radical (unpaired) electrons. The van der Waals surface area contributed by atoms with Crippen molar-refractivity contribution in [1.29, 1.82) is 0 Å². The Morgan fingerprint density at radius 1 is 0.927 bits per heavy atom. The van der Waals surface area contributed by atoms with Crippen LogP contribution in [-0.4, -0.2) is 23.9 Å². The van der Waals surface area contributed by atoms with Crippen molar-refractivity contribution < 1.29 is 35.9 Å². The number of methoxy groups -OCH3 is 1. The van der Waals surface area contributed by atoms with Crippen molar-refractivity contribution in [3.63, 3.8) is 0 Å². The lowest BCUT2D eigenvalue weighted by molar-refractivity contribution is -0.138. The van der Waals surface area contributed by atoms with Crippen LogP contribution in [0.1, 0.15) is 40.8 Å². The molecule has 0 aromatic heterocycles. The van der Waals surface area contributed by atoms with Gasteiger partial charge in [-0.2, -0.15) is 26.3 Å². The molecule has 0 saturated heterocycles. The maximum absolute atomic E-state index is 13.4. The molecule has 1 heterocycles. The van der Waals surface area contributed by atoms with Crippen LogP contribution in [0.5, 0.6) is 0 Å². The number of aliphatic imine (C=N–C) groups is 1. The summed E-state index contributed by atoms with van der Waals surface area (Å²) in [5.74, 6) is -0.460. The predicted molar refractivity (Wildman–Crippen MR) is 142 cm³/mol. The van der Waals surface area contributed by atoms with Crippen molar-refractivity contribution in [3.05, 3.63) is 117 Å². The van der Waals surface area contributed by atoms with Gasteiger partial charge in [-0.25, -0.2) is 9.79 Å². The number of hydrogen-bond donors (Lipinski definition) is 1. The molecule has 5 nitrogen and oxygen atoms in total. The molecular formula is C29H24ClF6N3O2. The molecule has 3 aromatic rings. The topological polar surface area (TPSA) is 53.9 Å². The summed E-state index contributed by atoms with van der Waals surface area (Å²) in [6.07, 6.45) is -9.05. The van der Waals surface area contributed by atoms with E-state index in [0.717, 1.165) is 24.3 Å². The van der Waals surface area contributed by atoms with E-state index in [1.54, 1.807) is 31.2 Å². The molecule has 0 aliphatic carbocycles. The van der Waals surface area contributed by atoms with E-state index in [-0.39, 0.29) is 30.2 Å². The molecule has 1 aliphatic rings. The summed E-state index contributed by atoms with van der Waals surface area (Å²) in [7, 11) is 1.22. The van der Waals surface area contributed by atoms with E-state index in [0.29, 0.717) is 21.8 Å². The number of esters is 1. The van der Waals surface area contributed by atoms with Gasteiger partial charge in [0.05, 0.1) is 42.9 Å². The summed E-state index contributed by atoms with van der Waals surface area (Å²) in [4.78, 5) is 19.1. The quantitative estimate of drug-likeness (QED) is 0.236. The standard InChI is InChI=1S/C29H24ClF6N3O2/c1-17-24(26(40)41-2)25(20-8-12-23(30)13-9-20)38-27(37-15-18-6-10-21(11-7-18)28(31,32)33)39(17)16-19-4-3-5-22(14-19)29(34,35)36/h3-14,25H,15-16H2,1-2H3,(H,37,38). The molecule has 0 amide bonds. The summed E-state index contributed by atoms with van der Waals surface area (Å²) in [5.41, 5.74) is 0.328. The summed E-state index contributed by atoms with van der Waals surface area (Å²) in [6, 6.07) is 15.2. The van der Waals surface area contributed by atoms with Crippen molar-refractivity contribution in [2.24, 2.45) is 4.99 Å². The second-order valence-corrected chi connectivity index (χ2v) is 9.67. The molecule has 1 atom stereocenters. The smallest absolute Gasteiger partial charge is 0.416 e. The Hall–Kier alpha value is -3.99. The number of ether oxygens (including phenoxy) is 1. The first-order chi connectivity index (χ1) is 19.3. The SMILES string of the molecule is COC(=O)C1=C(C)N(Cc2cccc(C(F)(F)F)c2)C(=NCc2ccc(C(F)(F)F)cc2)NC1c1ccc(Cl)cc1. The molecule has 0 spiro atoms. The molecule has 41 heavy (non-hydrogen) atoms. The number of carbonyl (C=O) groups is 1. The van der Waals surface area contributed by atoms with E-state index >= 15 is 0 Å². The van der Waals surface area contributed by atoms with Gasteiger partial charge in [0, 0.05) is 10.7 Å². The molecule has 12 heteroatoms. The highest BCUT2D eigenvalue weighted by Gasteiger charge is 2.36. The number of guanidine groups is 1. The highest BCUT2D eigenvalue weighted by Crippen LogP contribution is 2.34. The average molecular weight is 596 g/mol. The molecule has 3 aromatic carbocycles. The number of alkyl halides is 6. The third-order valence-corrected chi connectivity index (χ3v) is 6.76. The molecule has 216 valence electrons. The number of carbonyl (C=O) groups excluding carboxylic acids is 1. The number of hydrogen-bond acceptors (Lipinski definition) is 3. The van der Waals surface area contributed by atoms with Gasteiger partial charge in [-0.3, -0.25) is 0 Å². The Morgan fingerprint density at radius 3 is 2.15 bits per heavy atom. The second-order valence-electron chi connectivity index (χ2n) is 9.24. The first-order valence-electron chi connectivity index (χ1n) is 12.2. The van der Waals surface area contributed by atoms with Crippen LogP contribution in [0.2, 0.25) is 5.02 Å². The van der Waals surface area contributed by atoms with Gasteiger partial charge in [0.25, 0.3) is 0 Å². The second kappa shape index (κ2) is 11.9. The highest BCUT2D eigenvalue weighted by atomic mass is 35.5. The zero-order chi connectivity index (χ0) is 29.9. The van der Waals surface area contributed by atoms with E-state index in [4.69, 9.17) is 16.3 Å². The first kappa shape index (κ1) is 30.0. The van der Waals surface area contributed by atoms with Crippen LogP contribution < -0.4 is 5.32 Å². The van der Waals surface area contributed by atoms with E-state index in [1.165, 1.54) is 36.3 Å². The van der Waals surface area contributed by atoms with Gasteiger partial charge in [-0.1, -0.05) is 48.0 Å². The fourth-order valence-electron chi connectivity index (χ4n) is 4.39. The van der Waals surface area contributed by atoms with Crippen LogP contribution in [0.3, 0.4) is 0 Å². The van der Waals surface area contributed by atoms with Gasteiger partial charge in [0.15, 0.2) is 5.96 Å². The number of halogens is 7. The monoisotopic (exact) mass is 595 g/mol. The fourth-order valence-corrected chi connectivity index (χ4v) is 4.52. The maximum atomic E-state index is 13.4. The van der Waals surface area contributed by atoms with Crippen molar-refractivity contribution in [1.82, 2.24) is 10.2 Å². The van der Waals surface area contributed by atoms with Crippen LogP contribution in [0, 0.1) is 0 Å². The van der Waals surface area contributed by atoms with E-state index in [2.05, 4.69) is 10.3 Å². The fraction of sp³-hybridized carbons (Fsp3) is 0.241. The van der Waals surface area contributed by atoms with Crippen LogP contribution in [0.25, 0.3) is 0 Å². The van der Waals surface area contributed by atoms with Gasteiger partial charge >= 0.3 is 18.3 Å². The summed E-state index contributed by atoms with van der Waals surface area (Å²) < 4.78 is 84.2. The highest BCUT2D eigenvalue weighted by molar-refractivity contribution is 6.30. The van der Waals surface area contributed by atoms with E-state index in [9.17, 15) is 31.1 Å². The molecule has 1 N–H and O–H groups in total. The van der Waals surface area contributed by atoms with E-state index < -0.39 is 35.5 Å². The minimum atomic E-state index is -4.56. The number of rotatable bonds is 6. The molecule has 1 aliphatic heterocycles. The van der Waals surface area contributed by atoms with Crippen molar-refractivity contribution in [2.45, 2.75) is 38.4 Å². The third kappa shape index (κ3) is 7.02.